The summed E-state index contributed by atoms with van der Waals surface area (Å²) in [7, 11) is 0. The van der Waals surface area contributed by atoms with E-state index in [0.29, 0.717) is 5.92 Å². The highest BCUT2D eigenvalue weighted by molar-refractivity contribution is 6.32. The molecule has 16 heavy (non-hydrogen) atoms. The summed E-state index contributed by atoms with van der Waals surface area (Å²) in [5, 5.41) is 0.797. The van der Waals surface area contributed by atoms with Crippen LogP contribution in [0.2, 0.25) is 0 Å². The lowest BCUT2D eigenvalue weighted by Crippen LogP contribution is -1.83. The van der Waals surface area contributed by atoms with Crippen LogP contribution in [0.1, 0.15) is 40.0 Å². The molecule has 0 saturated heterocycles. The Morgan fingerprint density at radius 2 is 2.06 bits per heavy atom. The predicted molar refractivity (Wildman–Crippen MR) is 75.7 cm³/mol. The molecule has 1 heteroatoms. The number of hydrogen-bond donors (Lipinski definition) is 0. The second-order valence-corrected chi connectivity index (χ2v) is 4.34. The number of rotatable bonds is 7. The van der Waals surface area contributed by atoms with Gasteiger partial charge in [-0.25, -0.2) is 0 Å². The minimum absolute atomic E-state index is 0.612. The van der Waals surface area contributed by atoms with Gasteiger partial charge in [0, 0.05) is 5.03 Å². The molecule has 0 aromatic carbocycles. The number of hydrogen-bond acceptors (Lipinski definition) is 0. The molecule has 0 spiro atoms. The van der Waals surface area contributed by atoms with E-state index >= 15 is 0 Å². The molecule has 90 valence electrons. The second kappa shape index (κ2) is 9.47. The Morgan fingerprint density at radius 3 is 2.56 bits per heavy atom. The van der Waals surface area contributed by atoms with Gasteiger partial charge in [0.2, 0.25) is 0 Å². The minimum Gasteiger partial charge on any atom is -0.0984 e. The molecule has 1 unspecified atom stereocenters. The Bertz CT molecular complexity index is 282. The zero-order valence-electron chi connectivity index (χ0n) is 10.7. The van der Waals surface area contributed by atoms with E-state index in [4.69, 9.17) is 11.6 Å². The van der Waals surface area contributed by atoms with Crippen molar-refractivity contribution in [1.29, 1.82) is 0 Å². The van der Waals surface area contributed by atoms with Crippen LogP contribution in [0.3, 0.4) is 0 Å². The van der Waals surface area contributed by atoms with Crippen LogP contribution in [0.25, 0.3) is 0 Å². The van der Waals surface area contributed by atoms with Gasteiger partial charge < -0.3 is 0 Å². The highest BCUT2D eigenvalue weighted by Crippen LogP contribution is 2.17. The van der Waals surface area contributed by atoms with Crippen LogP contribution in [0.15, 0.2) is 47.6 Å². The molecule has 0 aromatic rings. The smallest absolute Gasteiger partial charge is 0.0438 e. The van der Waals surface area contributed by atoms with Gasteiger partial charge in [0.25, 0.3) is 0 Å². The molecule has 0 aliphatic carbocycles. The largest absolute Gasteiger partial charge is 0.0984 e. The van der Waals surface area contributed by atoms with E-state index in [1.807, 2.05) is 12.2 Å². The van der Waals surface area contributed by atoms with Crippen LogP contribution < -0.4 is 0 Å². The molecular formula is C15H23Cl. The molecule has 0 aliphatic rings. The predicted octanol–water partition coefficient (Wildman–Crippen LogP) is 5.62. The first-order chi connectivity index (χ1) is 7.65. The summed E-state index contributed by atoms with van der Waals surface area (Å²) in [6.45, 7) is 10.3. The molecule has 0 nitrogen and oxygen atoms in total. The van der Waals surface area contributed by atoms with Crippen molar-refractivity contribution in [2.45, 2.75) is 40.0 Å². The van der Waals surface area contributed by atoms with Crippen molar-refractivity contribution >= 4 is 11.6 Å². The Morgan fingerprint density at radius 1 is 1.38 bits per heavy atom. The molecule has 0 aliphatic heterocycles. The molecule has 0 fully saturated rings. The quantitative estimate of drug-likeness (QED) is 0.505. The fraction of sp³-hybridized carbons (Fsp3) is 0.467. The molecule has 0 saturated carbocycles. The Kier molecular flexibility index (Phi) is 9.03. The van der Waals surface area contributed by atoms with Crippen molar-refractivity contribution in [3.63, 3.8) is 0 Å². The SMILES string of the molecule is C=CC(=C\C=C/C(C)CC)/C(Cl)=C\CCC. The Labute approximate surface area is 105 Å². The van der Waals surface area contributed by atoms with Crippen LogP contribution in [-0.2, 0) is 0 Å². The maximum atomic E-state index is 6.16. The molecule has 0 amide bonds. The molecule has 0 rings (SSSR count). The summed E-state index contributed by atoms with van der Waals surface area (Å²) < 4.78 is 0. The van der Waals surface area contributed by atoms with Crippen LogP contribution in [0, 0.1) is 5.92 Å². The lowest BCUT2D eigenvalue weighted by Gasteiger charge is -2.00. The summed E-state index contributed by atoms with van der Waals surface area (Å²) in [6, 6.07) is 0. The zero-order valence-corrected chi connectivity index (χ0v) is 11.4. The Hall–Kier alpha value is -0.750. The molecule has 0 bridgehead atoms. The van der Waals surface area contributed by atoms with Crippen LogP contribution in [0.5, 0.6) is 0 Å². The first-order valence-corrected chi connectivity index (χ1v) is 6.40. The first-order valence-electron chi connectivity index (χ1n) is 6.02. The maximum Gasteiger partial charge on any atom is 0.0438 e. The molecule has 1 atom stereocenters. The number of unbranched alkanes of at least 4 members (excludes halogenated alkanes) is 1. The molecule has 0 N–H and O–H groups in total. The third-order valence-corrected chi connectivity index (χ3v) is 2.84. The standard InChI is InChI=1S/C15H23Cl/c1-5-8-12-15(16)14(7-3)11-9-10-13(4)6-2/h7,9-13H,3,5-6,8H2,1-2,4H3/b10-9-,14-11+,15-12+. The summed E-state index contributed by atoms with van der Waals surface area (Å²) >= 11 is 6.16. The second-order valence-electron chi connectivity index (χ2n) is 3.94. The molecule has 0 heterocycles. The van der Waals surface area contributed by atoms with Crippen LogP contribution >= 0.6 is 11.6 Å². The molecule has 0 radical (unpaired) electrons. The molecular weight excluding hydrogens is 216 g/mol. The van der Waals surface area contributed by atoms with Gasteiger partial charge in [0.05, 0.1) is 0 Å². The van der Waals surface area contributed by atoms with Crippen molar-refractivity contribution in [2.75, 3.05) is 0 Å². The Balaban J connectivity index is 4.54. The fourth-order valence-corrected chi connectivity index (χ4v) is 1.37. The lowest BCUT2D eigenvalue weighted by molar-refractivity contribution is 0.698. The van der Waals surface area contributed by atoms with Crippen molar-refractivity contribution in [3.8, 4) is 0 Å². The van der Waals surface area contributed by atoms with Crippen molar-refractivity contribution in [3.05, 3.63) is 47.6 Å². The minimum atomic E-state index is 0.612. The monoisotopic (exact) mass is 238 g/mol. The van der Waals surface area contributed by atoms with Gasteiger partial charge in [0.15, 0.2) is 0 Å². The zero-order chi connectivity index (χ0) is 12.4. The van der Waals surface area contributed by atoms with E-state index in [-0.39, 0.29) is 0 Å². The van der Waals surface area contributed by atoms with Crippen molar-refractivity contribution in [2.24, 2.45) is 5.92 Å². The van der Waals surface area contributed by atoms with Gasteiger partial charge in [0.1, 0.15) is 0 Å². The average Bonchev–Trinajstić information content (AvgIpc) is 2.31. The van der Waals surface area contributed by atoms with Gasteiger partial charge in [-0.15, -0.1) is 0 Å². The topological polar surface area (TPSA) is 0 Å². The van der Waals surface area contributed by atoms with Gasteiger partial charge in [-0.2, -0.15) is 0 Å². The van der Waals surface area contributed by atoms with E-state index in [1.54, 1.807) is 6.08 Å². The van der Waals surface area contributed by atoms with E-state index < -0.39 is 0 Å². The third-order valence-electron chi connectivity index (χ3n) is 2.47. The summed E-state index contributed by atoms with van der Waals surface area (Å²) in [4.78, 5) is 0. The van der Waals surface area contributed by atoms with E-state index in [2.05, 4.69) is 39.5 Å². The van der Waals surface area contributed by atoms with E-state index in [1.165, 1.54) is 0 Å². The van der Waals surface area contributed by atoms with Gasteiger partial charge in [-0.1, -0.05) is 82.2 Å². The highest BCUT2D eigenvalue weighted by atomic mass is 35.5. The molecule has 0 aromatic heterocycles. The van der Waals surface area contributed by atoms with Gasteiger partial charge in [-0.3, -0.25) is 0 Å². The summed E-state index contributed by atoms with van der Waals surface area (Å²) in [5.41, 5.74) is 0.995. The lowest BCUT2D eigenvalue weighted by atomic mass is 10.1. The van der Waals surface area contributed by atoms with Gasteiger partial charge >= 0.3 is 0 Å². The number of halogens is 1. The van der Waals surface area contributed by atoms with Gasteiger partial charge in [-0.05, 0) is 17.9 Å². The third kappa shape index (κ3) is 6.68. The van der Waals surface area contributed by atoms with Crippen LogP contribution in [0.4, 0.5) is 0 Å². The summed E-state index contributed by atoms with van der Waals surface area (Å²) in [6.07, 6.45) is 13.4. The maximum absolute atomic E-state index is 6.16. The normalized spacial score (nSPS) is 15.5. The highest BCUT2D eigenvalue weighted by Gasteiger charge is 1.95. The fourth-order valence-electron chi connectivity index (χ4n) is 1.12. The van der Waals surface area contributed by atoms with Crippen LogP contribution in [-0.4, -0.2) is 0 Å². The number of allylic oxidation sites excluding steroid dienone is 7. The first kappa shape index (κ1) is 15.2. The van der Waals surface area contributed by atoms with Crippen molar-refractivity contribution in [1.82, 2.24) is 0 Å². The average molecular weight is 239 g/mol. The summed E-state index contributed by atoms with van der Waals surface area (Å²) in [5.74, 6) is 0.612. The van der Waals surface area contributed by atoms with Crippen molar-refractivity contribution < 1.29 is 0 Å². The van der Waals surface area contributed by atoms with E-state index in [0.717, 1.165) is 29.9 Å². The van der Waals surface area contributed by atoms with E-state index in [9.17, 15) is 0 Å².